The summed E-state index contributed by atoms with van der Waals surface area (Å²) in [5, 5.41) is 0.689. The van der Waals surface area contributed by atoms with Gasteiger partial charge in [0.15, 0.2) is 0 Å². The lowest BCUT2D eigenvalue weighted by molar-refractivity contribution is 1.19. The average Bonchev–Trinajstić information content (AvgIpc) is 2.72. The molecule has 3 rings (SSSR count). The quantitative estimate of drug-likeness (QED) is 0.656. The van der Waals surface area contributed by atoms with E-state index in [9.17, 15) is 0 Å². The largest absolute Gasteiger partial charge is 0.306 e. The molecule has 17 heavy (non-hydrogen) atoms. The van der Waals surface area contributed by atoms with E-state index in [1.54, 1.807) is 0 Å². The van der Waals surface area contributed by atoms with E-state index in [1.807, 2.05) is 53.2 Å². The monoisotopic (exact) mass is 260 g/mol. The summed E-state index contributed by atoms with van der Waals surface area (Å²) in [4.78, 5) is 5.45. The average molecular weight is 261 g/mol. The zero-order chi connectivity index (χ0) is 11.8. The highest BCUT2D eigenvalue weighted by Crippen LogP contribution is 2.26. The van der Waals surface area contributed by atoms with Crippen LogP contribution in [-0.2, 0) is 0 Å². The molecule has 0 N–H and O–H groups in total. The van der Waals surface area contributed by atoms with Crippen molar-refractivity contribution in [1.82, 2.24) is 9.38 Å². The number of pyridine rings is 1. The number of hydrogen-bond acceptors (Lipinski definition) is 2. The van der Waals surface area contributed by atoms with Crippen LogP contribution in [0.25, 0.3) is 16.9 Å². The van der Waals surface area contributed by atoms with Crippen molar-refractivity contribution in [3.63, 3.8) is 0 Å². The molecule has 0 aliphatic carbocycles. The van der Waals surface area contributed by atoms with E-state index in [4.69, 9.17) is 11.6 Å². The van der Waals surface area contributed by atoms with Gasteiger partial charge in [-0.2, -0.15) is 0 Å². The van der Waals surface area contributed by atoms with Crippen molar-refractivity contribution < 1.29 is 0 Å². The SMILES string of the molecule is Sc1ccccc1-c1cn2ccc(Cl)cc2n1. The van der Waals surface area contributed by atoms with Gasteiger partial charge in [-0.3, -0.25) is 0 Å². The van der Waals surface area contributed by atoms with Crippen molar-refractivity contribution in [3.05, 3.63) is 53.8 Å². The molecule has 0 bridgehead atoms. The topological polar surface area (TPSA) is 17.3 Å². The van der Waals surface area contributed by atoms with E-state index < -0.39 is 0 Å². The van der Waals surface area contributed by atoms with Crippen LogP contribution in [0.1, 0.15) is 0 Å². The number of rotatable bonds is 1. The molecule has 0 saturated heterocycles. The molecular weight excluding hydrogens is 252 g/mol. The third-order valence-electron chi connectivity index (χ3n) is 2.60. The Morgan fingerprint density at radius 2 is 2.00 bits per heavy atom. The zero-order valence-electron chi connectivity index (χ0n) is 8.84. The molecule has 0 amide bonds. The highest BCUT2D eigenvalue weighted by Gasteiger charge is 2.06. The fraction of sp³-hybridized carbons (Fsp3) is 0. The molecule has 2 heterocycles. The highest BCUT2D eigenvalue weighted by molar-refractivity contribution is 7.80. The summed E-state index contributed by atoms with van der Waals surface area (Å²) in [5.41, 5.74) is 2.76. The fourth-order valence-electron chi connectivity index (χ4n) is 1.78. The number of thiol groups is 1. The lowest BCUT2D eigenvalue weighted by atomic mass is 10.2. The van der Waals surface area contributed by atoms with E-state index in [1.165, 1.54) is 0 Å². The maximum Gasteiger partial charge on any atom is 0.138 e. The molecule has 1 aromatic carbocycles. The van der Waals surface area contributed by atoms with Crippen molar-refractivity contribution in [3.8, 4) is 11.3 Å². The van der Waals surface area contributed by atoms with Crippen LogP contribution in [0.4, 0.5) is 0 Å². The van der Waals surface area contributed by atoms with Gasteiger partial charge in [0.2, 0.25) is 0 Å². The van der Waals surface area contributed by atoms with E-state index in [0.29, 0.717) is 5.02 Å². The number of fused-ring (bicyclic) bond motifs is 1. The number of nitrogens with zero attached hydrogens (tertiary/aromatic N) is 2. The first kappa shape index (κ1) is 10.7. The third-order valence-corrected chi connectivity index (χ3v) is 3.23. The molecule has 0 fully saturated rings. The molecular formula is C13H9ClN2S. The Bertz CT molecular complexity index is 691. The molecule has 0 saturated carbocycles. The molecule has 2 aromatic heterocycles. The summed E-state index contributed by atoms with van der Waals surface area (Å²) in [6.07, 6.45) is 3.87. The second kappa shape index (κ2) is 4.09. The number of hydrogen-bond donors (Lipinski definition) is 1. The molecule has 0 aliphatic heterocycles. The third kappa shape index (κ3) is 1.92. The number of aromatic nitrogens is 2. The van der Waals surface area contributed by atoms with Gasteiger partial charge in [-0.15, -0.1) is 12.6 Å². The van der Waals surface area contributed by atoms with Crippen LogP contribution < -0.4 is 0 Å². The Kier molecular flexibility index (Phi) is 2.57. The van der Waals surface area contributed by atoms with E-state index in [-0.39, 0.29) is 0 Å². The van der Waals surface area contributed by atoms with Gasteiger partial charge >= 0.3 is 0 Å². The Morgan fingerprint density at radius 3 is 2.82 bits per heavy atom. The molecule has 0 spiro atoms. The van der Waals surface area contributed by atoms with E-state index in [0.717, 1.165) is 21.8 Å². The first-order chi connectivity index (χ1) is 8.24. The number of halogens is 1. The van der Waals surface area contributed by atoms with Gasteiger partial charge in [0, 0.05) is 33.9 Å². The van der Waals surface area contributed by atoms with Crippen molar-refractivity contribution in [2.45, 2.75) is 4.90 Å². The van der Waals surface area contributed by atoms with Gasteiger partial charge in [0.1, 0.15) is 5.65 Å². The molecule has 0 unspecified atom stereocenters. The van der Waals surface area contributed by atoms with Crippen molar-refractivity contribution in [2.75, 3.05) is 0 Å². The first-order valence-corrected chi connectivity index (χ1v) is 5.99. The van der Waals surface area contributed by atoms with Gasteiger partial charge < -0.3 is 4.40 Å². The Morgan fingerprint density at radius 1 is 1.18 bits per heavy atom. The minimum Gasteiger partial charge on any atom is -0.306 e. The predicted octanol–water partition coefficient (Wildman–Crippen LogP) is 3.94. The van der Waals surface area contributed by atoms with Crippen LogP contribution >= 0.6 is 24.2 Å². The smallest absolute Gasteiger partial charge is 0.138 e. The van der Waals surface area contributed by atoms with Crippen molar-refractivity contribution in [1.29, 1.82) is 0 Å². The summed E-state index contributed by atoms with van der Waals surface area (Å²) in [6, 6.07) is 11.6. The van der Waals surface area contributed by atoms with Crippen molar-refractivity contribution >= 4 is 29.9 Å². The molecule has 84 valence electrons. The second-order valence-electron chi connectivity index (χ2n) is 3.75. The second-order valence-corrected chi connectivity index (χ2v) is 4.67. The minimum atomic E-state index is 0.689. The van der Waals surface area contributed by atoms with Crippen LogP contribution in [-0.4, -0.2) is 9.38 Å². The summed E-state index contributed by atoms with van der Waals surface area (Å²) in [6.45, 7) is 0. The number of benzene rings is 1. The Hall–Kier alpha value is -1.45. The number of imidazole rings is 1. The van der Waals surface area contributed by atoms with Gasteiger partial charge in [0.25, 0.3) is 0 Å². The van der Waals surface area contributed by atoms with Gasteiger partial charge in [0.05, 0.1) is 5.69 Å². The first-order valence-electron chi connectivity index (χ1n) is 5.17. The normalized spacial score (nSPS) is 10.9. The maximum atomic E-state index is 5.94. The lowest BCUT2D eigenvalue weighted by Crippen LogP contribution is -1.79. The van der Waals surface area contributed by atoms with E-state index >= 15 is 0 Å². The Balaban J connectivity index is 2.22. The van der Waals surface area contributed by atoms with Crippen LogP contribution in [0.15, 0.2) is 53.7 Å². The van der Waals surface area contributed by atoms with Gasteiger partial charge in [-0.25, -0.2) is 4.98 Å². The van der Waals surface area contributed by atoms with E-state index in [2.05, 4.69) is 17.6 Å². The molecule has 0 radical (unpaired) electrons. The van der Waals surface area contributed by atoms with Crippen LogP contribution in [0, 0.1) is 0 Å². The summed E-state index contributed by atoms with van der Waals surface area (Å²) < 4.78 is 1.95. The standard InChI is InChI=1S/C13H9ClN2S/c14-9-5-6-16-8-11(15-13(16)7-9)10-3-1-2-4-12(10)17/h1-8,17H. The summed E-state index contributed by atoms with van der Waals surface area (Å²) in [7, 11) is 0. The minimum absolute atomic E-state index is 0.689. The fourth-order valence-corrected chi connectivity index (χ4v) is 2.21. The molecule has 0 aliphatic rings. The van der Waals surface area contributed by atoms with Crippen LogP contribution in [0.2, 0.25) is 5.02 Å². The van der Waals surface area contributed by atoms with Gasteiger partial charge in [-0.1, -0.05) is 29.8 Å². The predicted molar refractivity (Wildman–Crippen MR) is 72.9 cm³/mol. The Labute approximate surface area is 109 Å². The summed E-state index contributed by atoms with van der Waals surface area (Å²) in [5.74, 6) is 0. The van der Waals surface area contributed by atoms with Crippen LogP contribution in [0.3, 0.4) is 0 Å². The van der Waals surface area contributed by atoms with Crippen LogP contribution in [0.5, 0.6) is 0 Å². The molecule has 2 nitrogen and oxygen atoms in total. The zero-order valence-corrected chi connectivity index (χ0v) is 10.5. The molecule has 0 atom stereocenters. The lowest BCUT2D eigenvalue weighted by Gasteiger charge is -1.98. The summed E-state index contributed by atoms with van der Waals surface area (Å²) >= 11 is 10.4. The highest BCUT2D eigenvalue weighted by atomic mass is 35.5. The molecule has 4 heteroatoms. The van der Waals surface area contributed by atoms with Crippen molar-refractivity contribution in [2.24, 2.45) is 0 Å². The maximum absolute atomic E-state index is 5.94. The molecule has 3 aromatic rings. The van der Waals surface area contributed by atoms with Gasteiger partial charge in [-0.05, 0) is 12.1 Å².